The van der Waals surface area contributed by atoms with Crippen molar-refractivity contribution >= 4 is 11.9 Å². The van der Waals surface area contributed by atoms with E-state index in [9.17, 15) is 9.59 Å². The predicted molar refractivity (Wildman–Crippen MR) is 62.9 cm³/mol. The molecule has 0 N–H and O–H groups in total. The van der Waals surface area contributed by atoms with Gasteiger partial charge in [0.15, 0.2) is 0 Å². The Morgan fingerprint density at radius 1 is 1.12 bits per heavy atom. The molecule has 0 aromatic heterocycles. The van der Waals surface area contributed by atoms with Crippen LogP contribution in [0.25, 0.3) is 0 Å². The van der Waals surface area contributed by atoms with Gasteiger partial charge in [-0.2, -0.15) is 0 Å². The maximum Gasteiger partial charge on any atom is 0.338 e. The average molecular weight is 233 g/mol. The lowest BCUT2D eigenvalue weighted by Crippen LogP contribution is -2.29. The van der Waals surface area contributed by atoms with Crippen LogP contribution in [0, 0.1) is 0 Å². The van der Waals surface area contributed by atoms with Crippen molar-refractivity contribution in [3.05, 3.63) is 35.4 Å². The highest BCUT2D eigenvalue weighted by atomic mass is 16.5. The summed E-state index contributed by atoms with van der Waals surface area (Å²) >= 11 is 0. The summed E-state index contributed by atoms with van der Waals surface area (Å²) in [6.45, 7) is 1.54. The van der Waals surface area contributed by atoms with E-state index in [4.69, 9.17) is 0 Å². The Bertz CT molecular complexity index is 436. The number of amides is 1. The van der Waals surface area contributed by atoms with Gasteiger partial charge in [-0.3, -0.25) is 4.79 Å². The van der Waals surface area contributed by atoms with E-state index in [0.717, 1.165) is 25.9 Å². The molecule has 4 heteroatoms. The molecule has 1 saturated heterocycles. The van der Waals surface area contributed by atoms with Crippen LogP contribution in [-0.4, -0.2) is 37.0 Å². The number of esters is 1. The van der Waals surface area contributed by atoms with Gasteiger partial charge in [-0.25, -0.2) is 4.79 Å². The molecule has 0 spiro atoms. The SMILES string of the molecule is COC(=O)c1ccccc1C(=O)N1CCCC1. The van der Waals surface area contributed by atoms with Crippen LogP contribution < -0.4 is 0 Å². The number of carbonyl (C=O) groups is 2. The summed E-state index contributed by atoms with van der Waals surface area (Å²) in [7, 11) is 1.32. The quantitative estimate of drug-likeness (QED) is 0.730. The highest BCUT2D eigenvalue weighted by molar-refractivity contribution is 6.05. The van der Waals surface area contributed by atoms with Gasteiger partial charge < -0.3 is 9.64 Å². The van der Waals surface area contributed by atoms with Crippen molar-refractivity contribution in [2.45, 2.75) is 12.8 Å². The summed E-state index contributed by atoms with van der Waals surface area (Å²) in [6, 6.07) is 6.78. The maximum atomic E-state index is 12.2. The van der Waals surface area contributed by atoms with Crippen molar-refractivity contribution < 1.29 is 14.3 Å². The lowest BCUT2D eigenvalue weighted by molar-refractivity contribution is 0.0592. The Balaban J connectivity index is 2.30. The fourth-order valence-electron chi connectivity index (χ4n) is 2.05. The van der Waals surface area contributed by atoms with Gasteiger partial charge >= 0.3 is 5.97 Å². The van der Waals surface area contributed by atoms with Gasteiger partial charge in [0, 0.05) is 13.1 Å². The predicted octanol–water partition coefficient (Wildman–Crippen LogP) is 1.71. The zero-order valence-corrected chi connectivity index (χ0v) is 9.81. The topological polar surface area (TPSA) is 46.6 Å². The minimum Gasteiger partial charge on any atom is -0.465 e. The first kappa shape index (κ1) is 11.6. The van der Waals surface area contributed by atoms with E-state index in [-0.39, 0.29) is 5.91 Å². The molecule has 0 unspecified atom stereocenters. The molecule has 0 radical (unpaired) electrons. The maximum absolute atomic E-state index is 12.2. The first-order chi connectivity index (χ1) is 8.24. The number of nitrogens with zero attached hydrogens (tertiary/aromatic N) is 1. The van der Waals surface area contributed by atoms with Gasteiger partial charge in [0.05, 0.1) is 18.2 Å². The Morgan fingerprint density at radius 3 is 2.29 bits per heavy atom. The Morgan fingerprint density at radius 2 is 1.71 bits per heavy atom. The number of likely N-dealkylation sites (tertiary alicyclic amines) is 1. The fourth-order valence-corrected chi connectivity index (χ4v) is 2.05. The molecule has 4 nitrogen and oxygen atoms in total. The second-order valence-electron chi connectivity index (χ2n) is 4.04. The second-order valence-corrected chi connectivity index (χ2v) is 4.04. The van der Waals surface area contributed by atoms with Gasteiger partial charge in [0.2, 0.25) is 0 Å². The van der Waals surface area contributed by atoms with E-state index in [1.165, 1.54) is 7.11 Å². The van der Waals surface area contributed by atoms with E-state index in [1.807, 2.05) is 0 Å². The molecule has 17 heavy (non-hydrogen) atoms. The van der Waals surface area contributed by atoms with Gasteiger partial charge in [0.25, 0.3) is 5.91 Å². The van der Waals surface area contributed by atoms with Crippen LogP contribution in [0.4, 0.5) is 0 Å². The summed E-state index contributed by atoms with van der Waals surface area (Å²) in [5.41, 5.74) is 0.771. The molecular formula is C13H15NO3. The summed E-state index contributed by atoms with van der Waals surface area (Å²) in [4.78, 5) is 25.5. The van der Waals surface area contributed by atoms with Crippen molar-refractivity contribution in [3.8, 4) is 0 Å². The molecule has 0 aliphatic carbocycles. The summed E-state index contributed by atoms with van der Waals surface area (Å²) < 4.78 is 4.68. The van der Waals surface area contributed by atoms with Crippen LogP contribution in [0.5, 0.6) is 0 Å². The monoisotopic (exact) mass is 233 g/mol. The van der Waals surface area contributed by atoms with E-state index in [0.29, 0.717) is 11.1 Å². The largest absolute Gasteiger partial charge is 0.465 e. The molecule has 1 aliphatic heterocycles. The second kappa shape index (κ2) is 4.99. The number of methoxy groups -OCH3 is 1. The number of rotatable bonds is 2. The molecule has 1 heterocycles. The van der Waals surface area contributed by atoms with Gasteiger partial charge in [-0.1, -0.05) is 12.1 Å². The Kier molecular flexibility index (Phi) is 3.42. The van der Waals surface area contributed by atoms with E-state index in [1.54, 1.807) is 29.2 Å². The fraction of sp³-hybridized carbons (Fsp3) is 0.385. The average Bonchev–Trinajstić information content (AvgIpc) is 2.91. The molecule has 1 aromatic carbocycles. The van der Waals surface area contributed by atoms with Gasteiger partial charge in [0.1, 0.15) is 0 Å². The number of carbonyl (C=O) groups excluding carboxylic acids is 2. The zero-order chi connectivity index (χ0) is 12.3. The lowest BCUT2D eigenvalue weighted by atomic mass is 10.1. The molecule has 1 amide bonds. The third-order valence-electron chi connectivity index (χ3n) is 2.96. The van der Waals surface area contributed by atoms with Crippen LogP contribution >= 0.6 is 0 Å². The van der Waals surface area contributed by atoms with Crippen molar-refractivity contribution in [1.82, 2.24) is 4.90 Å². The lowest BCUT2D eigenvalue weighted by Gasteiger charge is -2.16. The molecule has 90 valence electrons. The van der Waals surface area contributed by atoms with Crippen molar-refractivity contribution in [2.75, 3.05) is 20.2 Å². The first-order valence-corrected chi connectivity index (χ1v) is 5.70. The number of ether oxygens (including phenoxy) is 1. The van der Waals surface area contributed by atoms with E-state index in [2.05, 4.69) is 4.74 Å². The van der Waals surface area contributed by atoms with Crippen LogP contribution in [0.1, 0.15) is 33.6 Å². The molecule has 1 aliphatic rings. The van der Waals surface area contributed by atoms with E-state index < -0.39 is 5.97 Å². The molecule has 0 bridgehead atoms. The molecule has 1 aromatic rings. The zero-order valence-electron chi connectivity index (χ0n) is 9.81. The first-order valence-electron chi connectivity index (χ1n) is 5.70. The minimum absolute atomic E-state index is 0.0801. The number of hydrogen-bond donors (Lipinski definition) is 0. The minimum atomic E-state index is -0.465. The Hall–Kier alpha value is -1.84. The summed E-state index contributed by atoms with van der Waals surface area (Å²) in [5.74, 6) is -0.545. The standard InChI is InChI=1S/C13H15NO3/c1-17-13(16)11-7-3-2-6-10(11)12(15)14-8-4-5-9-14/h2-3,6-7H,4-5,8-9H2,1H3. The van der Waals surface area contributed by atoms with Crippen molar-refractivity contribution in [2.24, 2.45) is 0 Å². The van der Waals surface area contributed by atoms with Crippen molar-refractivity contribution in [3.63, 3.8) is 0 Å². The normalized spacial score (nSPS) is 14.8. The summed E-state index contributed by atoms with van der Waals surface area (Å²) in [6.07, 6.45) is 2.07. The van der Waals surface area contributed by atoms with Crippen LogP contribution in [0.15, 0.2) is 24.3 Å². The van der Waals surface area contributed by atoms with Gasteiger partial charge in [-0.05, 0) is 25.0 Å². The van der Waals surface area contributed by atoms with Gasteiger partial charge in [-0.15, -0.1) is 0 Å². The highest BCUT2D eigenvalue weighted by Gasteiger charge is 2.23. The van der Waals surface area contributed by atoms with Crippen LogP contribution in [0.3, 0.4) is 0 Å². The van der Waals surface area contributed by atoms with Crippen LogP contribution in [0.2, 0.25) is 0 Å². The number of benzene rings is 1. The molecular weight excluding hydrogens is 218 g/mol. The van der Waals surface area contributed by atoms with E-state index >= 15 is 0 Å². The molecule has 2 rings (SSSR count). The van der Waals surface area contributed by atoms with Crippen LogP contribution in [-0.2, 0) is 4.74 Å². The molecule has 0 saturated carbocycles. The highest BCUT2D eigenvalue weighted by Crippen LogP contribution is 2.16. The molecule has 0 atom stereocenters. The van der Waals surface area contributed by atoms with Crippen molar-refractivity contribution in [1.29, 1.82) is 0 Å². The third kappa shape index (κ3) is 2.30. The number of hydrogen-bond acceptors (Lipinski definition) is 3. The molecule has 1 fully saturated rings. The third-order valence-corrected chi connectivity index (χ3v) is 2.96. The smallest absolute Gasteiger partial charge is 0.338 e. The Labute approximate surface area is 100 Å². The summed E-state index contributed by atoms with van der Waals surface area (Å²) in [5, 5.41) is 0.